The van der Waals surface area contributed by atoms with Gasteiger partial charge in [-0.2, -0.15) is 11.8 Å². The summed E-state index contributed by atoms with van der Waals surface area (Å²) in [4.78, 5) is 11.2. The van der Waals surface area contributed by atoms with E-state index in [1.165, 1.54) is 6.42 Å². The molecule has 5 rings (SSSR count). The molecule has 3 heteroatoms. The van der Waals surface area contributed by atoms with Gasteiger partial charge in [-0.25, -0.2) is 0 Å². The molecule has 1 aliphatic heterocycles. The van der Waals surface area contributed by atoms with Crippen molar-refractivity contribution in [3.05, 3.63) is 0 Å². The standard InChI is InChI=1S/C12H14O2S/c1-3(13)14-10-8-4-2-5-7-6(4)9(10)12(7)15-11(5)8/h4-12H,2H2,1H3/t4-,5+,6+,7-,8-,9-,10+,11-,12+/m0/s1. The van der Waals surface area contributed by atoms with E-state index in [0.29, 0.717) is 6.10 Å². The van der Waals surface area contributed by atoms with Crippen LogP contribution in [0.5, 0.6) is 0 Å². The summed E-state index contributed by atoms with van der Waals surface area (Å²) in [6.07, 6.45) is 1.78. The molecule has 0 amide bonds. The van der Waals surface area contributed by atoms with E-state index in [0.717, 1.165) is 46.0 Å². The fourth-order valence-corrected chi connectivity index (χ4v) is 8.30. The minimum absolute atomic E-state index is 0.0578. The molecule has 4 saturated carbocycles. The fraction of sp³-hybridized carbons (Fsp3) is 0.917. The lowest BCUT2D eigenvalue weighted by atomic mass is 9.63. The average molecular weight is 222 g/mol. The number of carbonyl (C=O) groups is 1. The van der Waals surface area contributed by atoms with E-state index in [4.69, 9.17) is 4.74 Å². The predicted molar refractivity (Wildman–Crippen MR) is 56.3 cm³/mol. The summed E-state index contributed by atoms with van der Waals surface area (Å²) < 4.78 is 5.62. The molecular formula is C12H14O2S. The molecule has 0 N–H and O–H groups in total. The van der Waals surface area contributed by atoms with Gasteiger partial charge < -0.3 is 4.74 Å². The lowest BCUT2D eigenvalue weighted by Gasteiger charge is -2.46. The zero-order chi connectivity index (χ0) is 9.89. The van der Waals surface area contributed by atoms with Crippen molar-refractivity contribution in [2.24, 2.45) is 35.5 Å². The lowest BCUT2D eigenvalue weighted by Crippen LogP contribution is -2.49. The number of rotatable bonds is 1. The third kappa shape index (κ3) is 0.620. The molecule has 0 aromatic heterocycles. The van der Waals surface area contributed by atoms with E-state index < -0.39 is 0 Å². The van der Waals surface area contributed by atoms with Crippen molar-refractivity contribution in [1.82, 2.24) is 0 Å². The van der Waals surface area contributed by atoms with Crippen LogP contribution in [-0.4, -0.2) is 22.6 Å². The Labute approximate surface area is 93.1 Å². The molecule has 9 atom stereocenters. The second-order valence-corrected chi connectivity index (χ2v) is 7.37. The maximum atomic E-state index is 11.2. The summed E-state index contributed by atoms with van der Waals surface area (Å²) >= 11 is 2.25. The number of hydrogen-bond donors (Lipinski definition) is 0. The van der Waals surface area contributed by atoms with E-state index >= 15 is 0 Å². The third-order valence-corrected chi connectivity index (χ3v) is 7.77. The van der Waals surface area contributed by atoms with Crippen molar-refractivity contribution in [2.75, 3.05) is 0 Å². The lowest BCUT2D eigenvalue weighted by molar-refractivity contribution is -0.152. The Bertz CT molecular complexity index is 376. The van der Waals surface area contributed by atoms with Gasteiger partial charge in [0.25, 0.3) is 0 Å². The molecule has 0 unspecified atom stereocenters. The van der Waals surface area contributed by atoms with Crippen LogP contribution in [0.15, 0.2) is 0 Å². The number of ether oxygens (including phenoxy) is 1. The monoisotopic (exact) mass is 222 g/mol. The Balaban J connectivity index is 1.61. The normalized spacial score (nSPS) is 70.1. The van der Waals surface area contributed by atoms with Crippen molar-refractivity contribution in [1.29, 1.82) is 0 Å². The number of hydrogen-bond acceptors (Lipinski definition) is 3. The Hall–Kier alpha value is -0.180. The highest BCUT2D eigenvalue weighted by molar-refractivity contribution is 8.01. The molecule has 5 aliphatic rings. The highest BCUT2D eigenvalue weighted by atomic mass is 32.2. The quantitative estimate of drug-likeness (QED) is 0.630. The van der Waals surface area contributed by atoms with Crippen molar-refractivity contribution in [3.63, 3.8) is 0 Å². The Morgan fingerprint density at radius 2 is 2.00 bits per heavy atom. The molecule has 2 bridgehead atoms. The number of esters is 1. The maximum absolute atomic E-state index is 11.2. The van der Waals surface area contributed by atoms with Gasteiger partial charge >= 0.3 is 5.97 Å². The van der Waals surface area contributed by atoms with Crippen LogP contribution in [0, 0.1) is 35.5 Å². The highest BCUT2D eigenvalue weighted by Gasteiger charge is 2.82. The van der Waals surface area contributed by atoms with Gasteiger partial charge in [0, 0.05) is 29.3 Å². The van der Waals surface area contributed by atoms with Crippen LogP contribution in [0.1, 0.15) is 13.3 Å². The second kappa shape index (κ2) is 2.11. The van der Waals surface area contributed by atoms with Crippen molar-refractivity contribution in [3.8, 4) is 0 Å². The Kier molecular flexibility index (Phi) is 1.12. The third-order valence-electron chi connectivity index (χ3n) is 5.85. The molecule has 0 aromatic rings. The number of fused-ring (bicyclic) bond motifs is 2. The topological polar surface area (TPSA) is 26.3 Å². The van der Waals surface area contributed by atoms with Crippen LogP contribution in [0.3, 0.4) is 0 Å². The second-order valence-electron chi connectivity index (χ2n) is 6.01. The van der Waals surface area contributed by atoms with Gasteiger partial charge in [0.15, 0.2) is 0 Å². The minimum atomic E-state index is -0.0578. The summed E-state index contributed by atoms with van der Waals surface area (Å²) in [6.45, 7) is 1.57. The van der Waals surface area contributed by atoms with E-state index in [9.17, 15) is 4.79 Å². The summed E-state index contributed by atoms with van der Waals surface area (Å²) in [5.74, 6) is 5.38. The van der Waals surface area contributed by atoms with Gasteiger partial charge in [-0.15, -0.1) is 0 Å². The van der Waals surface area contributed by atoms with Crippen LogP contribution in [0.4, 0.5) is 0 Å². The Morgan fingerprint density at radius 3 is 2.80 bits per heavy atom. The predicted octanol–water partition coefficient (Wildman–Crippen LogP) is 1.54. The first-order valence-corrected chi connectivity index (χ1v) is 7.04. The first-order valence-electron chi connectivity index (χ1n) is 6.10. The highest BCUT2D eigenvalue weighted by Crippen LogP contribution is 2.82. The molecular weight excluding hydrogens is 208 g/mol. The van der Waals surface area contributed by atoms with Crippen LogP contribution in [0.25, 0.3) is 0 Å². The maximum Gasteiger partial charge on any atom is 0.302 e. The van der Waals surface area contributed by atoms with E-state index in [1.54, 1.807) is 6.92 Å². The molecule has 4 aliphatic carbocycles. The van der Waals surface area contributed by atoms with Gasteiger partial charge in [0.05, 0.1) is 0 Å². The fourth-order valence-electron chi connectivity index (χ4n) is 5.83. The molecule has 15 heavy (non-hydrogen) atoms. The molecule has 0 spiro atoms. The molecule has 1 heterocycles. The van der Waals surface area contributed by atoms with Crippen molar-refractivity contribution >= 4 is 17.7 Å². The molecule has 5 fully saturated rings. The average Bonchev–Trinajstić information content (AvgIpc) is 2.62. The van der Waals surface area contributed by atoms with E-state index in [-0.39, 0.29) is 5.97 Å². The molecule has 0 aromatic carbocycles. The molecule has 1 saturated heterocycles. The zero-order valence-corrected chi connectivity index (χ0v) is 9.44. The van der Waals surface area contributed by atoms with Gasteiger partial charge in [0.1, 0.15) is 6.10 Å². The van der Waals surface area contributed by atoms with Gasteiger partial charge in [-0.1, -0.05) is 0 Å². The number of carbonyl (C=O) groups excluding carboxylic acids is 1. The van der Waals surface area contributed by atoms with Crippen LogP contribution >= 0.6 is 11.8 Å². The zero-order valence-electron chi connectivity index (χ0n) is 8.63. The van der Waals surface area contributed by atoms with Crippen molar-refractivity contribution < 1.29 is 9.53 Å². The van der Waals surface area contributed by atoms with Crippen LogP contribution in [-0.2, 0) is 9.53 Å². The number of thioether (sulfide) groups is 1. The van der Waals surface area contributed by atoms with E-state index in [1.807, 2.05) is 0 Å². The van der Waals surface area contributed by atoms with Gasteiger partial charge in [-0.3, -0.25) is 4.79 Å². The largest absolute Gasteiger partial charge is 0.462 e. The smallest absolute Gasteiger partial charge is 0.302 e. The summed E-state index contributed by atoms with van der Waals surface area (Å²) in [5.41, 5.74) is 0. The van der Waals surface area contributed by atoms with Crippen LogP contribution in [0.2, 0.25) is 0 Å². The van der Waals surface area contributed by atoms with E-state index in [2.05, 4.69) is 11.8 Å². The molecule has 2 nitrogen and oxygen atoms in total. The van der Waals surface area contributed by atoms with Crippen molar-refractivity contribution in [2.45, 2.75) is 29.9 Å². The van der Waals surface area contributed by atoms with Gasteiger partial charge in [0.2, 0.25) is 0 Å². The van der Waals surface area contributed by atoms with Crippen LogP contribution < -0.4 is 0 Å². The molecule has 80 valence electrons. The van der Waals surface area contributed by atoms with Gasteiger partial charge in [-0.05, 0) is 30.1 Å². The summed E-state index contributed by atoms with van der Waals surface area (Å²) in [5, 5.41) is 1.74. The molecule has 0 radical (unpaired) electrons. The minimum Gasteiger partial charge on any atom is -0.462 e. The Morgan fingerprint density at radius 1 is 1.13 bits per heavy atom. The summed E-state index contributed by atoms with van der Waals surface area (Å²) in [7, 11) is 0. The first-order chi connectivity index (χ1) is 7.27. The summed E-state index contributed by atoms with van der Waals surface area (Å²) in [6, 6.07) is 0. The first kappa shape index (κ1) is 7.99. The SMILES string of the molecule is CC(=O)O[C@@H]1[C@@H]2[C@H]3C[C@H]4[C@@H]2S[C@@H]2[C@@H]4[C@@H]3[C@@H]12.